The van der Waals surface area contributed by atoms with Gasteiger partial charge in [-0.05, 0) is 0 Å². The summed E-state index contributed by atoms with van der Waals surface area (Å²) in [7, 11) is -3.67. The molecule has 10 heteroatoms. The molecule has 1 fully saturated rings. The SMILES string of the molecule is FB(F)F.FC(F)(F)CCN1CCNCC1.[K]. The van der Waals surface area contributed by atoms with E-state index in [9.17, 15) is 26.1 Å². The number of nitrogens with zero attached hydrogens (tertiary/aromatic N) is 1. The van der Waals surface area contributed by atoms with Crippen molar-refractivity contribution in [1.82, 2.24) is 10.2 Å². The number of alkyl halides is 3. The van der Waals surface area contributed by atoms with E-state index >= 15 is 0 Å². The van der Waals surface area contributed by atoms with Gasteiger partial charge in [0.15, 0.2) is 0 Å². The minimum Gasteiger partial charge on any atom is -0.314 e. The first-order valence-electron chi connectivity index (χ1n) is 4.73. The molecule has 0 unspecified atom stereocenters. The summed E-state index contributed by atoms with van der Waals surface area (Å²) >= 11 is 0. The molecule has 1 heterocycles. The molecule has 1 radical (unpaired) electrons. The second kappa shape index (κ2) is 11.1. The van der Waals surface area contributed by atoms with Crippen LogP contribution < -0.4 is 5.32 Å². The van der Waals surface area contributed by atoms with E-state index < -0.39 is 20.1 Å². The molecule has 17 heavy (non-hydrogen) atoms. The molecule has 2 nitrogen and oxygen atoms in total. The Hall–Kier alpha value is 1.20. The van der Waals surface area contributed by atoms with E-state index in [0.29, 0.717) is 0 Å². The van der Waals surface area contributed by atoms with E-state index in [1.54, 1.807) is 0 Å². The molecule has 0 saturated carbocycles. The third-order valence-electron chi connectivity index (χ3n) is 1.92. The van der Waals surface area contributed by atoms with Crippen LogP contribution in [0.5, 0.6) is 0 Å². The van der Waals surface area contributed by atoms with Crippen molar-refractivity contribution < 1.29 is 26.1 Å². The molecular formula is C7H13BF6KN2. The number of rotatable bonds is 2. The second-order valence-corrected chi connectivity index (χ2v) is 3.20. The fourth-order valence-electron chi connectivity index (χ4n) is 1.22. The topological polar surface area (TPSA) is 15.3 Å². The summed E-state index contributed by atoms with van der Waals surface area (Å²) in [6, 6.07) is 0. The zero-order chi connectivity index (χ0) is 12.6. The van der Waals surface area contributed by atoms with Crippen LogP contribution in [0.2, 0.25) is 0 Å². The van der Waals surface area contributed by atoms with Crippen molar-refractivity contribution >= 4 is 58.9 Å². The molecule has 0 atom stereocenters. The molecule has 0 aliphatic carbocycles. The van der Waals surface area contributed by atoms with Crippen LogP contribution in [0.1, 0.15) is 6.42 Å². The molecule has 97 valence electrons. The summed E-state index contributed by atoms with van der Waals surface area (Å²) in [5.41, 5.74) is 0. The Balaban J connectivity index is 0. The van der Waals surface area contributed by atoms with E-state index in [1.165, 1.54) is 0 Å². The first kappa shape index (κ1) is 20.5. The number of hydrogen-bond acceptors (Lipinski definition) is 2. The van der Waals surface area contributed by atoms with E-state index in [0.717, 1.165) is 26.2 Å². The van der Waals surface area contributed by atoms with Gasteiger partial charge in [0.1, 0.15) is 0 Å². The van der Waals surface area contributed by atoms with Gasteiger partial charge in [-0.25, -0.2) is 0 Å². The van der Waals surface area contributed by atoms with Gasteiger partial charge in [0.05, 0.1) is 6.42 Å². The molecule has 0 aromatic carbocycles. The van der Waals surface area contributed by atoms with Crippen LogP contribution in [0.4, 0.5) is 26.1 Å². The van der Waals surface area contributed by atoms with Crippen molar-refractivity contribution in [3.05, 3.63) is 0 Å². The maximum Gasteiger partial charge on any atom is 0.762 e. The Kier molecular flexibility index (Phi) is 13.4. The molecule has 1 aliphatic heterocycles. The number of hydrogen-bond donors (Lipinski definition) is 1. The zero-order valence-corrected chi connectivity index (χ0v) is 12.7. The van der Waals surface area contributed by atoms with Crippen molar-refractivity contribution in [2.45, 2.75) is 12.6 Å². The van der Waals surface area contributed by atoms with E-state index in [-0.39, 0.29) is 57.9 Å². The predicted molar refractivity (Wildman–Crippen MR) is 54.8 cm³/mol. The van der Waals surface area contributed by atoms with Crippen LogP contribution in [0.25, 0.3) is 0 Å². The van der Waals surface area contributed by atoms with Crippen molar-refractivity contribution in [1.29, 1.82) is 0 Å². The maximum atomic E-state index is 11.8. The Morgan fingerprint density at radius 1 is 1.06 bits per heavy atom. The van der Waals surface area contributed by atoms with Gasteiger partial charge in [-0.15, -0.1) is 0 Å². The Morgan fingerprint density at radius 3 is 1.82 bits per heavy atom. The van der Waals surface area contributed by atoms with Gasteiger partial charge in [0, 0.05) is 84.1 Å². The van der Waals surface area contributed by atoms with Crippen LogP contribution in [-0.2, 0) is 0 Å². The first-order valence-corrected chi connectivity index (χ1v) is 4.73. The van der Waals surface area contributed by atoms with Crippen molar-refractivity contribution in [2.24, 2.45) is 0 Å². The normalized spacial score (nSPS) is 16.6. The smallest absolute Gasteiger partial charge is 0.314 e. The number of piperazine rings is 1. The summed E-state index contributed by atoms with van der Waals surface area (Å²) in [6.07, 6.45) is -4.70. The largest absolute Gasteiger partial charge is 0.762 e. The molecule has 0 aromatic rings. The molecule has 1 saturated heterocycles. The predicted octanol–water partition coefficient (Wildman–Crippen LogP) is 1.34. The van der Waals surface area contributed by atoms with Crippen LogP contribution in [0.3, 0.4) is 0 Å². The molecule has 1 N–H and O–H groups in total. The standard InChI is InChI=1S/C7H13F3N2.BF3.K/c8-7(9,10)1-4-12-5-2-11-3-6-12;2-1(3)4;/h11H,1-6H2;;. The van der Waals surface area contributed by atoms with Gasteiger partial charge >= 0.3 is 13.7 Å². The van der Waals surface area contributed by atoms with Crippen molar-refractivity contribution in [2.75, 3.05) is 32.7 Å². The van der Waals surface area contributed by atoms with E-state index in [2.05, 4.69) is 5.32 Å². The minimum absolute atomic E-state index is 0. The van der Waals surface area contributed by atoms with Gasteiger partial charge in [-0.1, -0.05) is 0 Å². The Labute approximate surface area is 139 Å². The summed E-state index contributed by atoms with van der Waals surface area (Å²) in [4.78, 5) is 1.84. The molecule has 1 aliphatic rings. The third-order valence-corrected chi connectivity index (χ3v) is 1.92. The van der Waals surface area contributed by atoms with E-state index in [4.69, 9.17) is 0 Å². The van der Waals surface area contributed by atoms with Gasteiger partial charge < -0.3 is 10.2 Å². The zero-order valence-electron chi connectivity index (χ0n) is 9.53. The molecule has 1 rings (SSSR count). The third kappa shape index (κ3) is 17.2. The Morgan fingerprint density at radius 2 is 1.47 bits per heavy atom. The van der Waals surface area contributed by atoms with Gasteiger partial charge in [-0.2, -0.15) is 13.2 Å². The molecule has 0 bridgehead atoms. The summed E-state index contributed by atoms with van der Waals surface area (Å²) in [5.74, 6) is 0. The molecular weight excluding hydrogens is 276 g/mol. The Bertz CT molecular complexity index is 173. The summed E-state index contributed by atoms with van der Waals surface area (Å²) in [5, 5.41) is 3.09. The van der Waals surface area contributed by atoms with Crippen LogP contribution in [0, 0.1) is 0 Å². The fraction of sp³-hybridized carbons (Fsp3) is 1.00. The number of halogens is 6. The summed E-state index contributed by atoms with van der Waals surface area (Å²) in [6.45, 7) is 3.22. The average molecular weight is 289 g/mol. The second-order valence-electron chi connectivity index (χ2n) is 3.20. The van der Waals surface area contributed by atoms with Crippen molar-refractivity contribution in [3.8, 4) is 0 Å². The quantitative estimate of drug-likeness (QED) is 0.609. The molecule has 0 aromatic heterocycles. The maximum absolute atomic E-state index is 11.8. The van der Waals surface area contributed by atoms with E-state index in [1.807, 2.05) is 4.90 Å². The monoisotopic (exact) mass is 289 g/mol. The van der Waals surface area contributed by atoms with Gasteiger partial charge in [0.25, 0.3) is 0 Å². The fourth-order valence-corrected chi connectivity index (χ4v) is 1.22. The average Bonchev–Trinajstić information content (AvgIpc) is 2.14. The number of nitrogens with one attached hydrogen (secondary N) is 1. The molecule has 0 amide bonds. The molecule has 0 spiro atoms. The summed E-state index contributed by atoms with van der Waals surface area (Å²) < 4.78 is 64.3. The van der Waals surface area contributed by atoms with Gasteiger partial charge in [0.2, 0.25) is 0 Å². The van der Waals surface area contributed by atoms with Crippen LogP contribution in [-0.4, -0.2) is 103 Å². The first-order chi connectivity index (χ1) is 7.31. The van der Waals surface area contributed by atoms with Crippen LogP contribution in [0.15, 0.2) is 0 Å². The van der Waals surface area contributed by atoms with Gasteiger partial charge in [-0.3, -0.25) is 12.9 Å². The minimum atomic E-state index is -4.01. The van der Waals surface area contributed by atoms with Crippen LogP contribution >= 0.6 is 0 Å². The van der Waals surface area contributed by atoms with Crippen molar-refractivity contribution in [3.63, 3.8) is 0 Å².